The number of amides is 2. The van der Waals surface area contributed by atoms with E-state index in [1.807, 2.05) is 58.9 Å². The number of hydrogen-bond acceptors (Lipinski definition) is 3. The molecule has 0 spiro atoms. The molecule has 0 radical (unpaired) electrons. The summed E-state index contributed by atoms with van der Waals surface area (Å²) < 4.78 is 6.41. The first-order valence-electron chi connectivity index (χ1n) is 10.3. The lowest BCUT2D eigenvalue weighted by Gasteiger charge is -2.33. The summed E-state index contributed by atoms with van der Waals surface area (Å²) in [4.78, 5) is 27.9. The summed E-state index contributed by atoms with van der Waals surface area (Å²) in [5, 5.41) is 3.57. The average Bonchev–Trinajstić information content (AvgIpc) is 2.67. The van der Waals surface area contributed by atoms with E-state index in [1.165, 1.54) is 0 Å². The number of nitrogens with zero attached hydrogens (tertiary/aromatic N) is 1. The quantitative estimate of drug-likeness (QED) is 0.510. The number of hydrogen-bond donors (Lipinski definition) is 1. The topological polar surface area (TPSA) is 58.6 Å². The number of aryl methyl sites for hydroxylation is 1. The van der Waals surface area contributed by atoms with Crippen LogP contribution in [0.4, 0.5) is 0 Å². The first-order chi connectivity index (χ1) is 14.5. The van der Waals surface area contributed by atoms with E-state index in [0.29, 0.717) is 28.2 Å². The van der Waals surface area contributed by atoms with E-state index in [-0.39, 0.29) is 18.4 Å². The number of benzene rings is 2. The van der Waals surface area contributed by atoms with E-state index in [9.17, 15) is 9.59 Å². The van der Waals surface area contributed by atoms with E-state index in [0.717, 1.165) is 11.1 Å². The van der Waals surface area contributed by atoms with Crippen LogP contribution < -0.4 is 10.1 Å². The predicted octanol–water partition coefficient (Wildman–Crippen LogP) is 5.51. The SMILES string of the molecule is CC[C@H](C(=O)NC(C)(C)C)N(Cc1ccccc1C)C(=O)COc1ccc(Cl)cc1Br. The van der Waals surface area contributed by atoms with Crippen molar-refractivity contribution in [1.82, 2.24) is 10.2 Å². The molecular formula is C24H30BrClN2O3. The molecule has 0 heterocycles. The zero-order valence-corrected chi connectivity index (χ0v) is 21.0. The molecule has 0 saturated heterocycles. The Morgan fingerprint density at radius 1 is 1.19 bits per heavy atom. The van der Waals surface area contributed by atoms with Gasteiger partial charge in [-0.1, -0.05) is 42.8 Å². The fourth-order valence-electron chi connectivity index (χ4n) is 3.16. The van der Waals surface area contributed by atoms with Crippen molar-refractivity contribution >= 4 is 39.3 Å². The first-order valence-corrected chi connectivity index (χ1v) is 11.4. The summed E-state index contributed by atoms with van der Waals surface area (Å²) in [7, 11) is 0. The number of rotatable bonds is 8. The van der Waals surface area contributed by atoms with Gasteiger partial charge in [0.25, 0.3) is 5.91 Å². The second-order valence-corrected chi connectivity index (χ2v) is 9.77. The van der Waals surface area contributed by atoms with Crippen LogP contribution in [0.3, 0.4) is 0 Å². The van der Waals surface area contributed by atoms with Gasteiger partial charge < -0.3 is 15.0 Å². The van der Waals surface area contributed by atoms with Gasteiger partial charge in [0.15, 0.2) is 6.61 Å². The summed E-state index contributed by atoms with van der Waals surface area (Å²) in [6.07, 6.45) is 0.490. The van der Waals surface area contributed by atoms with E-state index in [4.69, 9.17) is 16.3 Å². The van der Waals surface area contributed by atoms with Gasteiger partial charge in [0, 0.05) is 17.1 Å². The largest absolute Gasteiger partial charge is 0.483 e. The minimum atomic E-state index is -0.608. The van der Waals surface area contributed by atoms with Gasteiger partial charge in [0.1, 0.15) is 11.8 Å². The molecule has 5 nitrogen and oxygen atoms in total. The maximum atomic E-state index is 13.3. The molecule has 31 heavy (non-hydrogen) atoms. The third kappa shape index (κ3) is 7.54. The van der Waals surface area contributed by atoms with Gasteiger partial charge in [-0.25, -0.2) is 0 Å². The van der Waals surface area contributed by atoms with Crippen molar-refractivity contribution in [3.05, 3.63) is 63.1 Å². The molecule has 0 saturated carbocycles. The Balaban J connectivity index is 2.27. The highest BCUT2D eigenvalue weighted by Crippen LogP contribution is 2.28. The Bertz CT molecular complexity index is 927. The Labute approximate surface area is 198 Å². The molecule has 0 fully saturated rings. The molecule has 1 atom stereocenters. The molecule has 0 unspecified atom stereocenters. The van der Waals surface area contributed by atoms with Gasteiger partial charge in [0.2, 0.25) is 5.91 Å². The average molecular weight is 510 g/mol. The zero-order valence-electron chi connectivity index (χ0n) is 18.7. The summed E-state index contributed by atoms with van der Waals surface area (Å²) in [5.74, 6) is 0.0754. The van der Waals surface area contributed by atoms with Crippen LogP contribution in [-0.4, -0.2) is 34.9 Å². The standard InChI is InChI=1S/C24H30BrClN2O3/c1-6-20(23(30)27-24(3,4)5)28(14-17-10-8-7-9-16(17)2)22(29)15-31-21-12-11-18(26)13-19(21)25/h7-13,20H,6,14-15H2,1-5H3,(H,27,30)/t20-/m1/s1. The fraction of sp³-hybridized carbons (Fsp3) is 0.417. The van der Waals surface area contributed by atoms with Gasteiger partial charge in [-0.15, -0.1) is 0 Å². The Morgan fingerprint density at radius 3 is 2.45 bits per heavy atom. The number of ether oxygens (including phenoxy) is 1. The van der Waals surface area contributed by atoms with Crippen LogP contribution in [0.1, 0.15) is 45.2 Å². The maximum Gasteiger partial charge on any atom is 0.261 e. The van der Waals surface area contributed by atoms with Crippen molar-refractivity contribution in [1.29, 1.82) is 0 Å². The van der Waals surface area contributed by atoms with E-state index >= 15 is 0 Å². The highest BCUT2D eigenvalue weighted by atomic mass is 79.9. The molecule has 0 aliphatic heterocycles. The highest BCUT2D eigenvalue weighted by molar-refractivity contribution is 9.10. The molecule has 2 aromatic carbocycles. The molecule has 0 aromatic heterocycles. The van der Waals surface area contributed by atoms with Gasteiger partial charge >= 0.3 is 0 Å². The first kappa shape index (κ1) is 25.2. The minimum absolute atomic E-state index is 0.176. The lowest BCUT2D eigenvalue weighted by Crippen LogP contribution is -2.54. The van der Waals surface area contributed by atoms with Crippen LogP contribution in [0.5, 0.6) is 5.75 Å². The molecule has 0 aliphatic rings. The molecule has 1 N–H and O–H groups in total. The minimum Gasteiger partial charge on any atom is -0.483 e. The summed E-state index contributed by atoms with van der Waals surface area (Å²) in [6, 6.07) is 12.4. The Morgan fingerprint density at radius 2 is 1.87 bits per heavy atom. The van der Waals surface area contributed by atoms with Crippen LogP contribution in [-0.2, 0) is 16.1 Å². The second-order valence-electron chi connectivity index (χ2n) is 8.47. The van der Waals surface area contributed by atoms with E-state index < -0.39 is 11.6 Å². The summed E-state index contributed by atoms with van der Waals surface area (Å²) >= 11 is 9.38. The lowest BCUT2D eigenvalue weighted by molar-refractivity contribution is -0.143. The van der Waals surface area contributed by atoms with Gasteiger partial charge in [-0.05, 0) is 79.4 Å². The van der Waals surface area contributed by atoms with Crippen molar-refractivity contribution < 1.29 is 14.3 Å². The van der Waals surface area contributed by atoms with Crippen LogP contribution in [0.25, 0.3) is 0 Å². The van der Waals surface area contributed by atoms with E-state index in [1.54, 1.807) is 23.1 Å². The van der Waals surface area contributed by atoms with Crippen LogP contribution in [0.15, 0.2) is 46.9 Å². The molecule has 0 aliphatic carbocycles. The second kappa shape index (κ2) is 11.0. The zero-order chi connectivity index (χ0) is 23.2. The van der Waals surface area contributed by atoms with Crippen molar-refractivity contribution in [2.45, 2.75) is 59.2 Å². The van der Waals surface area contributed by atoms with Gasteiger partial charge in [0.05, 0.1) is 4.47 Å². The molecular weight excluding hydrogens is 480 g/mol. The van der Waals surface area contributed by atoms with Gasteiger partial charge in [-0.2, -0.15) is 0 Å². The monoisotopic (exact) mass is 508 g/mol. The molecule has 2 amide bonds. The molecule has 7 heteroatoms. The van der Waals surface area contributed by atoms with Crippen molar-refractivity contribution in [3.63, 3.8) is 0 Å². The van der Waals surface area contributed by atoms with Crippen LogP contribution >= 0.6 is 27.5 Å². The number of halogens is 2. The Kier molecular flexibility index (Phi) is 8.95. The molecule has 2 aromatic rings. The maximum absolute atomic E-state index is 13.3. The molecule has 168 valence electrons. The molecule has 0 bridgehead atoms. The predicted molar refractivity (Wildman–Crippen MR) is 128 cm³/mol. The fourth-order valence-corrected chi connectivity index (χ4v) is 3.96. The number of nitrogens with one attached hydrogen (secondary N) is 1. The van der Waals surface area contributed by atoms with Crippen molar-refractivity contribution in [2.75, 3.05) is 6.61 Å². The third-order valence-electron chi connectivity index (χ3n) is 4.73. The smallest absolute Gasteiger partial charge is 0.261 e. The van der Waals surface area contributed by atoms with Crippen molar-refractivity contribution in [3.8, 4) is 5.75 Å². The van der Waals surface area contributed by atoms with Crippen molar-refractivity contribution in [2.24, 2.45) is 0 Å². The summed E-state index contributed by atoms with van der Waals surface area (Å²) in [5.41, 5.74) is 1.66. The number of carbonyl (C=O) groups is 2. The van der Waals surface area contributed by atoms with E-state index in [2.05, 4.69) is 21.2 Å². The third-order valence-corrected chi connectivity index (χ3v) is 5.59. The Hall–Kier alpha value is -2.05. The molecule has 2 rings (SSSR count). The van der Waals surface area contributed by atoms with Crippen LogP contribution in [0.2, 0.25) is 5.02 Å². The van der Waals surface area contributed by atoms with Crippen LogP contribution in [0, 0.1) is 6.92 Å². The highest BCUT2D eigenvalue weighted by Gasteiger charge is 2.31. The summed E-state index contributed by atoms with van der Waals surface area (Å²) in [6.45, 7) is 9.81. The lowest BCUT2D eigenvalue weighted by atomic mass is 10.0. The normalized spacial score (nSPS) is 12.2. The number of carbonyl (C=O) groups excluding carboxylic acids is 2. The van der Waals surface area contributed by atoms with Gasteiger partial charge in [-0.3, -0.25) is 9.59 Å².